The Kier molecular flexibility index (Phi) is 3.01. The molecular formula is C13H10BrN3S. The van der Waals surface area contributed by atoms with Crippen LogP contribution in [0.2, 0.25) is 0 Å². The number of fused-ring (bicyclic) bond motifs is 1. The van der Waals surface area contributed by atoms with Crippen molar-refractivity contribution in [3.05, 3.63) is 46.7 Å². The highest BCUT2D eigenvalue weighted by Crippen LogP contribution is 2.30. The fraction of sp³-hybridized carbons (Fsp3) is 0.0769. The molecule has 3 rings (SSSR count). The second-order valence-corrected chi connectivity index (χ2v) is 5.95. The molecular weight excluding hydrogens is 310 g/mol. The lowest BCUT2D eigenvalue weighted by Gasteiger charge is -2.01. The van der Waals surface area contributed by atoms with E-state index in [1.54, 1.807) is 17.5 Å². The van der Waals surface area contributed by atoms with Crippen molar-refractivity contribution < 1.29 is 0 Å². The molecule has 0 saturated carbocycles. The molecule has 1 N–H and O–H groups in total. The van der Waals surface area contributed by atoms with Gasteiger partial charge >= 0.3 is 0 Å². The predicted molar refractivity (Wildman–Crippen MR) is 79.6 cm³/mol. The van der Waals surface area contributed by atoms with Crippen molar-refractivity contribution in [1.29, 1.82) is 0 Å². The van der Waals surface area contributed by atoms with Crippen LogP contribution in [0.5, 0.6) is 0 Å². The van der Waals surface area contributed by atoms with Gasteiger partial charge in [0, 0.05) is 10.7 Å². The minimum absolute atomic E-state index is 0.885. The Morgan fingerprint density at radius 1 is 1.22 bits per heavy atom. The quantitative estimate of drug-likeness (QED) is 0.755. The fourth-order valence-electron chi connectivity index (χ4n) is 1.70. The summed E-state index contributed by atoms with van der Waals surface area (Å²) in [5, 5.41) is 4.17. The number of halogens is 1. The third-order valence-electron chi connectivity index (χ3n) is 2.48. The summed E-state index contributed by atoms with van der Waals surface area (Å²) in [5.41, 5.74) is 3.10. The van der Waals surface area contributed by atoms with E-state index >= 15 is 0 Å². The van der Waals surface area contributed by atoms with Crippen LogP contribution in [0, 0.1) is 6.92 Å². The normalized spacial score (nSPS) is 10.8. The fourth-order valence-corrected chi connectivity index (χ4v) is 3.14. The molecule has 2 heterocycles. The molecule has 0 aliphatic heterocycles. The van der Waals surface area contributed by atoms with Crippen LogP contribution in [-0.4, -0.2) is 9.97 Å². The number of benzene rings is 1. The zero-order valence-corrected chi connectivity index (χ0v) is 12.0. The molecule has 2 aromatic heterocycles. The van der Waals surface area contributed by atoms with Gasteiger partial charge in [-0.1, -0.05) is 27.3 Å². The van der Waals surface area contributed by atoms with E-state index in [0.717, 1.165) is 31.1 Å². The molecule has 0 aliphatic carbocycles. The van der Waals surface area contributed by atoms with Gasteiger partial charge in [-0.3, -0.25) is 4.98 Å². The molecule has 0 fully saturated rings. The molecule has 0 atom stereocenters. The minimum atomic E-state index is 0.885. The van der Waals surface area contributed by atoms with Crippen molar-refractivity contribution in [2.24, 2.45) is 0 Å². The molecule has 0 aliphatic rings. The second-order valence-electron chi connectivity index (χ2n) is 4.01. The van der Waals surface area contributed by atoms with Gasteiger partial charge in [0.05, 0.1) is 22.1 Å². The average molecular weight is 320 g/mol. The number of pyridine rings is 1. The third kappa shape index (κ3) is 2.37. The van der Waals surface area contributed by atoms with E-state index in [-0.39, 0.29) is 0 Å². The summed E-state index contributed by atoms with van der Waals surface area (Å²) in [6, 6.07) is 8.14. The summed E-state index contributed by atoms with van der Waals surface area (Å²) >= 11 is 5.10. The lowest BCUT2D eigenvalue weighted by molar-refractivity contribution is 1.26. The Balaban J connectivity index is 1.95. The van der Waals surface area contributed by atoms with Crippen molar-refractivity contribution in [2.45, 2.75) is 6.92 Å². The van der Waals surface area contributed by atoms with Crippen LogP contribution in [0.3, 0.4) is 0 Å². The SMILES string of the molecule is Cc1cncc(Nc2nc3ccc(Br)cc3s2)c1. The Bertz CT molecular complexity index is 708. The first-order valence-corrected chi connectivity index (χ1v) is 7.06. The van der Waals surface area contributed by atoms with E-state index in [4.69, 9.17) is 0 Å². The van der Waals surface area contributed by atoms with E-state index in [9.17, 15) is 0 Å². The smallest absolute Gasteiger partial charge is 0.188 e. The number of hydrogen-bond donors (Lipinski definition) is 1. The van der Waals surface area contributed by atoms with E-state index < -0.39 is 0 Å². The lowest BCUT2D eigenvalue weighted by Crippen LogP contribution is -1.90. The van der Waals surface area contributed by atoms with Crippen LogP contribution >= 0.6 is 27.3 Å². The van der Waals surface area contributed by atoms with Crippen LogP contribution in [0.4, 0.5) is 10.8 Å². The number of aromatic nitrogens is 2. The zero-order chi connectivity index (χ0) is 12.5. The van der Waals surface area contributed by atoms with Crippen molar-refractivity contribution in [2.75, 3.05) is 5.32 Å². The molecule has 0 spiro atoms. The first kappa shape index (κ1) is 11.6. The highest BCUT2D eigenvalue weighted by molar-refractivity contribution is 9.10. The Morgan fingerprint density at radius 2 is 2.11 bits per heavy atom. The van der Waals surface area contributed by atoms with Crippen LogP contribution in [-0.2, 0) is 0 Å². The minimum Gasteiger partial charge on any atom is -0.330 e. The number of nitrogens with one attached hydrogen (secondary N) is 1. The largest absolute Gasteiger partial charge is 0.330 e. The molecule has 3 nitrogen and oxygen atoms in total. The van der Waals surface area contributed by atoms with Crippen molar-refractivity contribution in [3.8, 4) is 0 Å². The number of hydrogen-bond acceptors (Lipinski definition) is 4. The Hall–Kier alpha value is -1.46. The van der Waals surface area contributed by atoms with E-state index in [0.29, 0.717) is 0 Å². The topological polar surface area (TPSA) is 37.8 Å². The summed E-state index contributed by atoms with van der Waals surface area (Å²) in [6.07, 6.45) is 3.63. The van der Waals surface area contributed by atoms with Crippen LogP contribution < -0.4 is 5.32 Å². The molecule has 18 heavy (non-hydrogen) atoms. The summed E-state index contributed by atoms with van der Waals surface area (Å²) in [4.78, 5) is 8.69. The van der Waals surface area contributed by atoms with Gasteiger partial charge in [-0.05, 0) is 36.8 Å². The number of nitrogens with zero attached hydrogens (tertiary/aromatic N) is 2. The maximum atomic E-state index is 4.54. The van der Waals surface area contributed by atoms with Gasteiger partial charge in [-0.15, -0.1) is 0 Å². The van der Waals surface area contributed by atoms with Gasteiger partial charge in [0.1, 0.15) is 0 Å². The van der Waals surface area contributed by atoms with Crippen molar-refractivity contribution >= 4 is 48.3 Å². The van der Waals surface area contributed by atoms with Crippen molar-refractivity contribution in [3.63, 3.8) is 0 Å². The maximum absolute atomic E-state index is 4.54. The zero-order valence-electron chi connectivity index (χ0n) is 9.64. The standard InChI is InChI=1S/C13H10BrN3S/c1-8-4-10(7-15-6-8)16-13-17-11-3-2-9(14)5-12(11)18-13/h2-7H,1H3,(H,16,17). The second kappa shape index (κ2) is 4.66. The molecule has 1 aromatic carbocycles. The van der Waals surface area contributed by atoms with Gasteiger partial charge < -0.3 is 5.32 Å². The highest BCUT2D eigenvalue weighted by Gasteiger charge is 2.04. The van der Waals surface area contributed by atoms with Gasteiger partial charge in [-0.2, -0.15) is 0 Å². The van der Waals surface area contributed by atoms with Gasteiger partial charge in [0.25, 0.3) is 0 Å². The highest BCUT2D eigenvalue weighted by atomic mass is 79.9. The molecule has 5 heteroatoms. The maximum Gasteiger partial charge on any atom is 0.188 e. The first-order valence-electron chi connectivity index (χ1n) is 5.45. The lowest BCUT2D eigenvalue weighted by atomic mass is 10.3. The Morgan fingerprint density at radius 3 is 2.94 bits per heavy atom. The van der Waals surface area contributed by atoms with Crippen LogP contribution in [0.1, 0.15) is 5.56 Å². The molecule has 90 valence electrons. The summed E-state index contributed by atoms with van der Waals surface area (Å²) in [6.45, 7) is 2.02. The van der Waals surface area contributed by atoms with Crippen LogP contribution in [0.25, 0.3) is 10.2 Å². The molecule has 0 unspecified atom stereocenters. The number of thiazole rings is 1. The monoisotopic (exact) mass is 319 g/mol. The predicted octanol–water partition coefficient (Wildman–Crippen LogP) is 4.51. The van der Waals surface area contributed by atoms with E-state index in [2.05, 4.69) is 43.3 Å². The van der Waals surface area contributed by atoms with Crippen molar-refractivity contribution in [1.82, 2.24) is 9.97 Å². The summed E-state index contributed by atoms with van der Waals surface area (Å²) in [5.74, 6) is 0. The summed E-state index contributed by atoms with van der Waals surface area (Å²) < 4.78 is 2.23. The van der Waals surface area contributed by atoms with Gasteiger partial charge in [0.2, 0.25) is 0 Å². The molecule has 0 radical (unpaired) electrons. The van der Waals surface area contributed by atoms with Crippen LogP contribution in [0.15, 0.2) is 41.1 Å². The number of aryl methyl sites for hydroxylation is 1. The summed E-state index contributed by atoms with van der Waals surface area (Å²) in [7, 11) is 0. The number of anilines is 2. The molecule has 0 amide bonds. The molecule has 3 aromatic rings. The molecule has 0 bridgehead atoms. The van der Waals surface area contributed by atoms with Gasteiger partial charge in [0.15, 0.2) is 5.13 Å². The third-order valence-corrected chi connectivity index (χ3v) is 3.90. The first-order chi connectivity index (χ1) is 8.70. The van der Waals surface area contributed by atoms with E-state index in [1.165, 1.54) is 0 Å². The average Bonchev–Trinajstić information content (AvgIpc) is 2.70. The number of rotatable bonds is 2. The van der Waals surface area contributed by atoms with Gasteiger partial charge in [-0.25, -0.2) is 4.98 Å². The molecule has 0 saturated heterocycles. The Labute approximate surface area is 117 Å². The van der Waals surface area contributed by atoms with E-state index in [1.807, 2.05) is 25.3 Å².